The molecule has 1 atom stereocenters. The second-order valence-electron chi connectivity index (χ2n) is 7.42. The molecular formula is C23H31FIN5O3. The van der Waals surface area contributed by atoms with Crippen LogP contribution in [-0.4, -0.2) is 63.3 Å². The van der Waals surface area contributed by atoms with Gasteiger partial charge in [-0.05, 0) is 35.4 Å². The molecule has 1 aliphatic heterocycles. The minimum absolute atomic E-state index is 0. The maximum Gasteiger partial charge on any atom is 0.255 e. The molecule has 1 heterocycles. The number of nitrogens with two attached hydrogens (primary N) is 1. The molecule has 8 nitrogen and oxygen atoms in total. The highest BCUT2D eigenvalue weighted by Gasteiger charge is 2.23. The highest BCUT2D eigenvalue weighted by molar-refractivity contribution is 14.0. The number of aliphatic imine (C=N–C) groups is 1. The monoisotopic (exact) mass is 571 g/mol. The van der Waals surface area contributed by atoms with Gasteiger partial charge in [-0.25, -0.2) is 4.39 Å². The van der Waals surface area contributed by atoms with Gasteiger partial charge in [-0.2, -0.15) is 0 Å². The highest BCUT2D eigenvalue weighted by Crippen LogP contribution is 2.21. The fraction of sp³-hybridized carbons (Fsp3) is 0.391. The van der Waals surface area contributed by atoms with Crippen LogP contribution >= 0.6 is 24.0 Å². The molecule has 10 heteroatoms. The second kappa shape index (κ2) is 14.0. The topological polar surface area (TPSA) is 101 Å². The summed E-state index contributed by atoms with van der Waals surface area (Å²) in [4.78, 5) is 17.5. The summed E-state index contributed by atoms with van der Waals surface area (Å²) in [5, 5.41) is 6.66. The van der Waals surface area contributed by atoms with Gasteiger partial charge in [0.1, 0.15) is 11.6 Å². The molecule has 1 fully saturated rings. The Kier molecular flexibility index (Phi) is 11.3. The fourth-order valence-electron chi connectivity index (χ4n) is 3.53. The minimum atomic E-state index is -0.519. The lowest BCUT2D eigenvalue weighted by atomic mass is 10.0. The van der Waals surface area contributed by atoms with E-state index in [1.54, 1.807) is 13.1 Å². The summed E-state index contributed by atoms with van der Waals surface area (Å²) in [6, 6.07) is 14.1. The third kappa shape index (κ3) is 8.78. The van der Waals surface area contributed by atoms with Crippen molar-refractivity contribution >= 4 is 35.8 Å². The summed E-state index contributed by atoms with van der Waals surface area (Å²) in [6.07, 6.45) is 0. The Balaban J connectivity index is 0.00000385. The average Bonchev–Trinajstić information content (AvgIpc) is 2.82. The first kappa shape index (κ1) is 26.8. The molecule has 0 aromatic heterocycles. The number of guanidine groups is 1. The van der Waals surface area contributed by atoms with Crippen LogP contribution in [0.4, 0.5) is 4.39 Å². The van der Waals surface area contributed by atoms with Gasteiger partial charge in [0.15, 0.2) is 12.6 Å². The minimum Gasteiger partial charge on any atom is -0.484 e. The molecule has 0 radical (unpaired) electrons. The summed E-state index contributed by atoms with van der Waals surface area (Å²) >= 11 is 0. The smallest absolute Gasteiger partial charge is 0.255 e. The molecule has 0 aliphatic carbocycles. The Hall–Kier alpha value is -2.44. The number of hydrogen-bond acceptors (Lipinski definition) is 5. The summed E-state index contributed by atoms with van der Waals surface area (Å²) in [7, 11) is 1.71. The van der Waals surface area contributed by atoms with Crippen LogP contribution in [0.3, 0.4) is 0 Å². The first-order chi connectivity index (χ1) is 15.5. The van der Waals surface area contributed by atoms with Gasteiger partial charge in [-0.3, -0.25) is 14.7 Å². The molecule has 1 amide bonds. The van der Waals surface area contributed by atoms with E-state index in [-0.39, 0.29) is 42.4 Å². The van der Waals surface area contributed by atoms with Crippen molar-refractivity contribution < 1.29 is 18.7 Å². The number of amides is 1. The van der Waals surface area contributed by atoms with Crippen molar-refractivity contribution in [2.75, 3.05) is 46.5 Å². The molecular weight excluding hydrogens is 540 g/mol. The SMILES string of the molecule is CN=C(NCc1cccc(OCC(N)=O)c1)NCC(c1ccc(F)cc1)N1CCOCC1.I. The Morgan fingerprint density at radius 2 is 1.94 bits per heavy atom. The number of primary amides is 1. The van der Waals surface area contributed by atoms with E-state index in [0.29, 0.717) is 38.0 Å². The lowest BCUT2D eigenvalue weighted by Crippen LogP contribution is -2.46. The number of morpholine rings is 1. The van der Waals surface area contributed by atoms with Crippen LogP contribution in [0, 0.1) is 5.82 Å². The van der Waals surface area contributed by atoms with Crippen LogP contribution in [0.25, 0.3) is 0 Å². The molecule has 1 unspecified atom stereocenters. The molecule has 180 valence electrons. The van der Waals surface area contributed by atoms with Crippen LogP contribution in [-0.2, 0) is 16.1 Å². The van der Waals surface area contributed by atoms with Crippen LogP contribution in [0.1, 0.15) is 17.2 Å². The summed E-state index contributed by atoms with van der Waals surface area (Å²) in [5.74, 6) is 0.458. The number of halogens is 2. The lowest BCUT2D eigenvalue weighted by molar-refractivity contribution is -0.119. The van der Waals surface area contributed by atoms with Crippen LogP contribution in [0.2, 0.25) is 0 Å². The zero-order valence-corrected chi connectivity index (χ0v) is 21.0. The van der Waals surface area contributed by atoms with Crippen molar-refractivity contribution in [3.05, 3.63) is 65.5 Å². The van der Waals surface area contributed by atoms with Gasteiger partial charge in [-0.15, -0.1) is 24.0 Å². The van der Waals surface area contributed by atoms with Gasteiger partial charge >= 0.3 is 0 Å². The number of carbonyl (C=O) groups excluding carboxylic acids is 1. The zero-order chi connectivity index (χ0) is 22.8. The van der Waals surface area contributed by atoms with E-state index in [2.05, 4.69) is 20.5 Å². The first-order valence-corrected chi connectivity index (χ1v) is 10.6. The van der Waals surface area contributed by atoms with Gasteiger partial charge < -0.3 is 25.8 Å². The number of benzene rings is 2. The van der Waals surface area contributed by atoms with Crippen LogP contribution in [0.5, 0.6) is 5.75 Å². The summed E-state index contributed by atoms with van der Waals surface area (Å²) in [6.45, 7) is 3.95. The number of nitrogens with one attached hydrogen (secondary N) is 2. The molecule has 2 aromatic carbocycles. The van der Waals surface area contributed by atoms with E-state index < -0.39 is 5.91 Å². The third-order valence-corrected chi connectivity index (χ3v) is 5.17. The van der Waals surface area contributed by atoms with E-state index in [0.717, 1.165) is 24.2 Å². The molecule has 0 saturated carbocycles. The average molecular weight is 571 g/mol. The Morgan fingerprint density at radius 3 is 2.61 bits per heavy atom. The third-order valence-electron chi connectivity index (χ3n) is 5.17. The molecule has 3 rings (SSSR count). The standard InChI is InChI=1S/C23H30FN5O3.HI/c1-26-23(27-14-17-3-2-4-20(13-17)32-16-22(25)30)28-15-21(29-9-11-31-12-10-29)18-5-7-19(24)8-6-18;/h2-8,13,21H,9-12,14-16H2,1H3,(H2,25,30)(H2,26,27,28);1H. The molecule has 33 heavy (non-hydrogen) atoms. The van der Waals surface area contributed by atoms with Crippen molar-refractivity contribution in [2.24, 2.45) is 10.7 Å². The van der Waals surface area contributed by atoms with E-state index in [1.807, 2.05) is 30.3 Å². The van der Waals surface area contributed by atoms with Crippen molar-refractivity contribution in [3.63, 3.8) is 0 Å². The van der Waals surface area contributed by atoms with E-state index in [9.17, 15) is 9.18 Å². The van der Waals surface area contributed by atoms with Gasteiger partial charge in [0.2, 0.25) is 0 Å². The molecule has 0 spiro atoms. The Bertz CT molecular complexity index is 907. The largest absolute Gasteiger partial charge is 0.484 e. The van der Waals surface area contributed by atoms with Crippen LogP contribution in [0.15, 0.2) is 53.5 Å². The Morgan fingerprint density at radius 1 is 1.21 bits per heavy atom. The number of hydrogen-bond donors (Lipinski definition) is 3. The van der Waals surface area contributed by atoms with Gasteiger partial charge in [0.05, 0.1) is 19.3 Å². The number of nitrogens with zero attached hydrogens (tertiary/aromatic N) is 2. The lowest BCUT2D eigenvalue weighted by Gasteiger charge is -2.35. The Labute approximate surface area is 210 Å². The predicted octanol–water partition coefficient (Wildman–Crippen LogP) is 2.05. The normalized spacial score (nSPS) is 15.3. The number of ether oxygens (including phenoxy) is 2. The van der Waals surface area contributed by atoms with E-state index in [1.165, 1.54) is 12.1 Å². The summed E-state index contributed by atoms with van der Waals surface area (Å²) < 4.78 is 24.3. The second-order valence-corrected chi connectivity index (χ2v) is 7.42. The quantitative estimate of drug-likeness (QED) is 0.242. The van der Waals surface area contributed by atoms with E-state index >= 15 is 0 Å². The van der Waals surface area contributed by atoms with Crippen molar-refractivity contribution in [2.45, 2.75) is 12.6 Å². The van der Waals surface area contributed by atoms with E-state index in [4.69, 9.17) is 15.2 Å². The summed E-state index contributed by atoms with van der Waals surface area (Å²) in [5.41, 5.74) is 7.13. The maximum absolute atomic E-state index is 13.4. The first-order valence-electron chi connectivity index (χ1n) is 10.6. The number of rotatable bonds is 9. The van der Waals surface area contributed by atoms with Crippen molar-refractivity contribution in [1.29, 1.82) is 0 Å². The van der Waals surface area contributed by atoms with Gasteiger partial charge in [0.25, 0.3) is 5.91 Å². The van der Waals surface area contributed by atoms with Gasteiger partial charge in [-0.1, -0.05) is 24.3 Å². The van der Waals surface area contributed by atoms with Gasteiger partial charge in [0, 0.05) is 33.2 Å². The van der Waals surface area contributed by atoms with Crippen molar-refractivity contribution in [3.8, 4) is 5.75 Å². The van der Waals surface area contributed by atoms with Crippen molar-refractivity contribution in [1.82, 2.24) is 15.5 Å². The highest BCUT2D eigenvalue weighted by atomic mass is 127. The fourth-order valence-corrected chi connectivity index (χ4v) is 3.53. The molecule has 2 aromatic rings. The molecule has 0 bridgehead atoms. The predicted molar refractivity (Wildman–Crippen MR) is 136 cm³/mol. The number of carbonyl (C=O) groups is 1. The zero-order valence-electron chi connectivity index (χ0n) is 18.6. The maximum atomic E-state index is 13.4. The molecule has 4 N–H and O–H groups in total. The van der Waals surface area contributed by atoms with Crippen LogP contribution < -0.4 is 21.1 Å². The molecule has 1 aliphatic rings. The molecule has 1 saturated heterocycles.